The number of carbonyl (C=O) groups is 2. The molecule has 2 N–H and O–H groups in total. The Kier molecular flexibility index (Phi) is 14.4. The number of halogens is 4. The zero-order chi connectivity index (χ0) is 41.2. The Morgan fingerprint density at radius 3 is 1.66 bits per heavy atom. The minimum absolute atomic E-state index is 0.0357. The van der Waals surface area contributed by atoms with Gasteiger partial charge in [-0.2, -0.15) is 4.90 Å². The van der Waals surface area contributed by atoms with Crippen LogP contribution in [-0.2, 0) is 30.0 Å². The van der Waals surface area contributed by atoms with Gasteiger partial charge < -0.3 is 24.7 Å². The van der Waals surface area contributed by atoms with Gasteiger partial charge in [-0.3, -0.25) is 0 Å². The lowest BCUT2D eigenvalue weighted by molar-refractivity contribution is -0.0583. The number of hydrogen-bond donors (Lipinski definition) is 1. The van der Waals surface area contributed by atoms with Crippen LogP contribution >= 0.6 is 55.4 Å². The van der Waals surface area contributed by atoms with Crippen LogP contribution < -0.4 is 5.73 Å². The summed E-state index contributed by atoms with van der Waals surface area (Å²) >= 11 is 9.69. The second kappa shape index (κ2) is 17.9. The first-order chi connectivity index (χ1) is 26.2. The molecule has 0 aromatic heterocycles. The van der Waals surface area contributed by atoms with Gasteiger partial charge in [-0.05, 0) is 104 Å². The van der Waals surface area contributed by atoms with E-state index < -0.39 is 40.3 Å². The maximum absolute atomic E-state index is 15.2. The van der Waals surface area contributed by atoms with E-state index in [0.717, 1.165) is 34.4 Å². The summed E-state index contributed by atoms with van der Waals surface area (Å²) in [4.78, 5) is 36.8. The molecule has 2 saturated heterocycles. The van der Waals surface area contributed by atoms with Crippen LogP contribution in [0.4, 0.5) is 18.4 Å². The number of carbonyl (C=O) groups excluding carboxylic acids is 2. The molecule has 10 nitrogen and oxygen atoms in total. The normalized spacial score (nSPS) is 27.6. The minimum Gasteiger partial charge on any atom is -0.443 e. The molecule has 6 rings (SSSR count). The first-order valence-electron chi connectivity index (χ1n) is 18.8. The van der Waals surface area contributed by atoms with E-state index in [4.69, 9.17) is 29.7 Å². The zero-order valence-electron chi connectivity index (χ0n) is 33.1. The van der Waals surface area contributed by atoms with Crippen LogP contribution in [0.25, 0.3) is 0 Å². The minimum atomic E-state index is -1.11. The molecule has 2 amide bonds. The molecule has 4 aliphatic heterocycles. The molecule has 0 radical (unpaired) electrons. The molecule has 16 heteroatoms. The number of hydrogen-bond acceptors (Lipinski definition) is 11. The second-order valence-corrected chi connectivity index (χ2v) is 20.3. The maximum atomic E-state index is 15.2. The van der Waals surface area contributed by atoms with Crippen molar-refractivity contribution in [2.45, 2.75) is 116 Å². The average molecular weight is 947 g/mol. The van der Waals surface area contributed by atoms with Crippen LogP contribution in [0.3, 0.4) is 0 Å². The average Bonchev–Trinajstić information content (AvgIpc) is 3.11. The van der Waals surface area contributed by atoms with E-state index in [9.17, 15) is 14.0 Å². The third-order valence-corrected chi connectivity index (χ3v) is 13.1. The summed E-state index contributed by atoms with van der Waals surface area (Å²) in [5.41, 5.74) is 3.39. The highest BCUT2D eigenvalue weighted by Gasteiger charge is 2.52. The lowest BCUT2D eigenvalue weighted by Gasteiger charge is -2.47. The highest BCUT2D eigenvalue weighted by atomic mass is 79.9. The Morgan fingerprint density at radius 2 is 1.23 bits per heavy atom. The number of ether oxygens (including phenoxy) is 4. The van der Waals surface area contributed by atoms with Crippen molar-refractivity contribution in [3.63, 3.8) is 0 Å². The molecule has 0 aliphatic carbocycles. The van der Waals surface area contributed by atoms with Gasteiger partial charge in [-0.25, -0.2) is 28.4 Å². The summed E-state index contributed by atoms with van der Waals surface area (Å²) in [6.45, 7) is 15.0. The number of benzene rings is 2. The number of nitrogens with two attached hydrogens (primary N) is 1. The van der Waals surface area contributed by atoms with Gasteiger partial charge in [0.05, 0.1) is 25.4 Å². The Hall–Kier alpha value is -2.24. The Balaban J connectivity index is 0.000000242. The van der Waals surface area contributed by atoms with Gasteiger partial charge in [0.25, 0.3) is 0 Å². The van der Waals surface area contributed by atoms with E-state index in [2.05, 4.69) is 50.7 Å². The predicted molar refractivity (Wildman–Crippen MR) is 226 cm³/mol. The highest BCUT2D eigenvalue weighted by Crippen LogP contribution is 2.49. The second-order valence-electron chi connectivity index (χ2n) is 16.4. The van der Waals surface area contributed by atoms with E-state index in [1.54, 1.807) is 71.5 Å². The summed E-state index contributed by atoms with van der Waals surface area (Å²) in [5, 5.41) is 0.617. The van der Waals surface area contributed by atoms with Crippen LogP contribution in [-0.4, -0.2) is 75.6 Å². The third kappa shape index (κ3) is 10.3. The number of amidine groups is 2. The Bertz CT molecular complexity index is 1810. The first-order valence-corrected chi connectivity index (χ1v) is 22.4. The van der Waals surface area contributed by atoms with Gasteiger partial charge in [0.2, 0.25) is 0 Å². The van der Waals surface area contributed by atoms with Crippen molar-refractivity contribution in [2.75, 3.05) is 24.7 Å². The van der Waals surface area contributed by atoms with Crippen molar-refractivity contribution in [3.8, 4) is 0 Å². The smallest absolute Gasteiger partial charge is 0.426 e. The number of rotatable bonds is 4. The van der Waals surface area contributed by atoms with Gasteiger partial charge >= 0.3 is 12.2 Å². The molecule has 0 saturated carbocycles. The van der Waals surface area contributed by atoms with E-state index in [-0.39, 0.29) is 41.6 Å². The van der Waals surface area contributed by atoms with Gasteiger partial charge in [0, 0.05) is 43.4 Å². The molecule has 2 fully saturated rings. The molecule has 4 aliphatic rings. The van der Waals surface area contributed by atoms with E-state index in [1.165, 1.54) is 23.9 Å². The van der Waals surface area contributed by atoms with E-state index >= 15 is 4.39 Å². The third-order valence-electron chi connectivity index (χ3n) is 10.0. The van der Waals surface area contributed by atoms with Gasteiger partial charge in [-0.15, -0.1) is 0 Å². The molecule has 308 valence electrons. The van der Waals surface area contributed by atoms with Crippen LogP contribution in [0.2, 0.25) is 0 Å². The van der Waals surface area contributed by atoms with Crippen molar-refractivity contribution in [1.29, 1.82) is 0 Å². The number of thioether (sulfide) groups is 2. The van der Waals surface area contributed by atoms with Crippen LogP contribution in [0.5, 0.6) is 0 Å². The number of amides is 2. The van der Waals surface area contributed by atoms with Crippen LogP contribution in [0, 0.1) is 23.5 Å². The molecule has 0 bridgehead atoms. The fourth-order valence-electron chi connectivity index (χ4n) is 7.24. The zero-order valence-corrected chi connectivity index (χ0v) is 37.9. The Morgan fingerprint density at radius 1 is 0.804 bits per heavy atom. The van der Waals surface area contributed by atoms with E-state index in [0.29, 0.717) is 39.5 Å². The number of fused-ring (bicyclic) bond motifs is 2. The first kappa shape index (κ1) is 44.9. The van der Waals surface area contributed by atoms with Crippen LogP contribution in [0.15, 0.2) is 55.3 Å². The quantitative estimate of drug-likeness (QED) is 0.319. The monoisotopic (exact) mass is 944 g/mol. The molecule has 2 aromatic rings. The molecular formula is C40H52Br2F2N4O6S2. The molecule has 56 heavy (non-hydrogen) atoms. The van der Waals surface area contributed by atoms with E-state index in [1.807, 2.05) is 6.07 Å². The summed E-state index contributed by atoms with van der Waals surface area (Å²) in [7, 11) is 0. The summed E-state index contributed by atoms with van der Waals surface area (Å²) < 4.78 is 54.3. The largest absolute Gasteiger partial charge is 0.443 e. The molecule has 6 atom stereocenters. The molecule has 4 heterocycles. The van der Waals surface area contributed by atoms with Gasteiger partial charge in [-0.1, -0.05) is 69.2 Å². The fourth-order valence-corrected chi connectivity index (χ4v) is 10.2. The SMILES string of the molecule is CC[C@H]1C[C@H]2CSC(N(C(=O)OC(C)(C)C)C(=O)OC(C)(C)C)=N[C@@]2(c2cc(Br)ccc2F)CO1.CC[C@H]1C[C@H]2CSC(N)=N[C@@]2(c2cc(Br)ccc2F)CO1. The Labute approximate surface area is 354 Å². The van der Waals surface area contributed by atoms with Crippen molar-refractivity contribution >= 4 is 77.9 Å². The topological polar surface area (TPSA) is 125 Å². The summed E-state index contributed by atoms with van der Waals surface area (Å²) in [6.07, 6.45) is 1.85. The van der Waals surface area contributed by atoms with Crippen molar-refractivity contribution in [3.05, 3.63) is 68.1 Å². The number of imide groups is 1. The maximum Gasteiger partial charge on any atom is 0.426 e. The molecule has 0 spiro atoms. The summed E-state index contributed by atoms with van der Waals surface area (Å²) in [6, 6.07) is 9.69. The van der Waals surface area contributed by atoms with Crippen molar-refractivity contribution < 1.29 is 37.3 Å². The summed E-state index contributed by atoms with van der Waals surface area (Å²) in [5.74, 6) is 0.904. The standard InChI is InChI=1S/C25H34BrFN2O5S.C15H18BrFN2OS/c1-8-17-11-15-13-35-20(28-25(15,14-32-17)18-12-16(26)9-10-19(18)27)29(21(30)33-23(2,3)4)22(31)34-24(5,6)7;1-2-11-5-9-7-21-14(18)19-15(9,8-20-11)12-6-10(16)3-4-13(12)17/h9-10,12,15,17H,8,11,13-14H2,1-7H3;3-4,6,9,11H,2,5,7-8H2,1H3,(H2,18,19)/t15-,17-,25-;9-,11-,15-/m00/s1. The molecule has 0 unspecified atom stereocenters. The van der Waals surface area contributed by atoms with Crippen LogP contribution in [0.1, 0.15) is 92.2 Å². The lowest BCUT2D eigenvalue weighted by atomic mass is 9.74. The highest BCUT2D eigenvalue weighted by molar-refractivity contribution is 9.10. The molecular weight excluding hydrogens is 894 g/mol. The predicted octanol–water partition coefficient (Wildman–Crippen LogP) is 10.5. The van der Waals surface area contributed by atoms with Crippen molar-refractivity contribution in [2.24, 2.45) is 27.6 Å². The van der Waals surface area contributed by atoms with Gasteiger partial charge in [0.15, 0.2) is 10.3 Å². The number of nitrogens with zero attached hydrogens (tertiary/aromatic N) is 3. The lowest BCUT2D eigenvalue weighted by Crippen LogP contribution is -2.53. The van der Waals surface area contributed by atoms with Gasteiger partial charge in [0.1, 0.15) is 33.9 Å². The fraction of sp³-hybridized carbons (Fsp3) is 0.600. The van der Waals surface area contributed by atoms with Crippen molar-refractivity contribution in [1.82, 2.24) is 4.90 Å². The molecule has 2 aromatic carbocycles. The number of aliphatic imine (C=N–C) groups is 2.